The second-order valence-corrected chi connectivity index (χ2v) is 4.58. The summed E-state index contributed by atoms with van der Waals surface area (Å²) in [5.74, 6) is -1.17. The molecule has 1 unspecified atom stereocenters. The molecule has 1 aliphatic rings. The Kier molecular flexibility index (Phi) is 5.71. The molecule has 8 heteroatoms. The SMILES string of the molecule is NC(=NCCC[C@H](N)C(=O)O)N1CC(CO)CC1=O. The van der Waals surface area contributed by atoms with Crippen molar-refractivity contribution >= 4 is 17.8 Å². The molecule has 0 spiro atoms. The highest BCUT2D eigenvalue weighted by molar-refractivity contribution is 5.97. The van der Waals surface area contributed by atoms with E-state index in [0.29, 0.717) is 25.9 Å². The Balaban J connectivity index is 2.37. The Hall–Kier alpha value is -1.67. The molecule has 0 bridgehead atoms. The summed E-state index contributed by atoms with van der Waals surface area (Å²) >= 11 is 0. The van der Waals surface area contributed by atoms with Crippen LogP contribution >= 0.6 is 0 Å². The van der Waals surface area contributed by atoms with Gasteiger partial charge in [0.05, 0.1) is 0 Å². The van der Waals surface area contributed by atoms with E-state index in [0.717, 1.165) is 0 Å². The highest BCUT2D eigenvalue weighted by atomic mass is 16.4. The molecule has 8 nitrogen and oxygen atoms in total. The fourth-order valence-electron chi connectivity index (χ4n) is 1.84. The molecular formula is C11H20N4O4. The molecule has 108 valence electrons. The first-order valence-electron chi connectivity index (χ1n) is 6.15. The zero-order valence-electron chi connectivity index (χ0n) is 10.7. The van der Waals surface area contributed by atoms with Crippen LogP contribution in [0.25, 0.3) is 0 Å². The number of guanidine groups is 1. The van der Waals surface area contributed by atoms with Gasteiger partial charge in [-0.3, -0.25) is 19.5 Å². The summed E-state index contributed by atoms with van der Waals surface area (Å²) in [6.07, 6.45) is 1.07. The van der Waals surface area contributed by atoms with Crippen LogP contribution in [0.4, 0.5) is 0 Å². The number of carbonyl (C=O) groups excluding carboxylic acids is 1. The Bertz CT molecular complexity index is 372. The van der Waals surface area contributed by atoms with E-state index in [9.17, 15) is 9.59 Å². The number of carboxylic acids is 1. The highest BCUT2D eigenvalue weighted by Crippen LogP contribution is 2.16. The van der Waals surface area contributed by atoms with Crippen LogP contribution in [0.3, 0.4) is 0 Å². The third-order valence-electron chi connectivity index (χ3n) is 3.00. The zero-order valence-corrected chi connectivity index (χ0v) is 10.7. The molecule has 0 saturated carbocycles. The van der Waals surface area contributed by atoms with Gasteiger partial charge in [-0.1, -0.05) is 0 Å². The third-order valence-corrected chi connectivity index (χ3v) is 3.00. The fraction of sp³-hybridized carbons (Fsp3) is 0.727. The molecule has 0 radical (unpaired) electrons. The minimum atomic E-state index is -1.04. The number of aliphatic imine (C=N–C) groups is 1. The number of aliphatic hydroxyl groups is 1. The average Bonchev–Trinajstić information content (AvgIpc) is 2.75. The van der Waals surface area contributed by atoms with Crippen LogP contribution in [0.5, 0.6) is 0 Å². The second kappa shape index (κ2) is 7.05. The van der Waals surface area contributed by atoms with Gasteiger partial charge in [-0.2, -0.15) is 0 Å². The van der Waals surface area contributed by atoms with Crippen LogP contribution < -0.4 is 11.5 Å². The Morgan fingerprint density at radius 2 is 2.26 bits per heavy atom. The van der Waals surface area contributed by atoms with Crippen LogP contribution in [0.1, 0.15) is 19.3 Å². The minimum Gasteiger partial charge on any atom is -0.480 e. The van der Waals surface area contributed by atoms with Gasteiger partial charge in [-0.05, 0) is 12.8 Å². The average molecular weight is 272 g/mol. The van der Waals surface area contributed by atoms with E-state index in [4.69, 9.17) is 21.7 Å². The third kappa shape index (κ3) is 4.49. The smallest absolute Gasteiger partial charge is 0.320 e. The Labute approximate surface area is 111 Å². The van der Waals surface area contributed by atoms with Gasteiger partial charge in [-0.25, -0.2) is 0 Å². The van der Waals surface area contributed by atoms with E-state index in [-0.39, 0.29) is 30.8 Å². The van der Waals surface area contributed by atoms with E-state index in [2.05, 4.69) is 4.99 Å². The predicted octanol–water partition coefficient (Wildman–Crippen LogP) is -1.67. The van der Waals surface area contributed by atoms with Crippen molar-refractivity contribution in [2.24, 2.45) is 22.4 Å². The first-order chi connectivity index (χ1) is 8.95. The van der Waals surface area contributed by atoms with Crippen molar-refractivity contribution < 1.29 is 19.8 Å². The molecule has 1 aliphatic heterocycles. The van der Waals surface area contributed by atoms with E-state index >= 15 is 0 Å². The van der Waals surface area contributed by atoms with Crippen molar-refractivity contribution in [3.63, 3.8) is 0 Å². The van der Waals surface area contributed by atoms with Crippen LogP contribution in [-0.2, 0) is 9.59 Å². The fourth-order valence-corrected chi connectivity index (χ4v) is 1.84. The van der Waals surface area contributed by atoms with Crippen LogP contribution in [0, 0.1) is 5.92 Å². The number of hydrogen-bond acceptors (Lipinski definition) is 5. The zero-order chi connectivity index (χ0) is 14.4. The standard InChI is InChI=1S/C11H20N4O4/c12-8(10(18)19)2-1-3-14-11(13)15-5-7(6-16)4-9(15)17/h7-8,16H,1-6,12H2,(H2,13,14)(H,18,19)/t7?,8-/m0/s1. The molecular weight excluding hydrogens is 252 g/mol. The van der Waals surface area contributed by atoms with Crippen molar-refractivity contribution in [2.45, 2.75) is 25.3 Å². The maximum atomic E-state index is 11.6. The lowest BCUT2D eigenvalue weighted by atomic mass is 10.1. The lowest BCUT2D eigenvalue weighted by molar-refractivity contribution is -0.138. The summed E-state index contributed by atoms with van der Waals surface area (Å²) in [6.45, 7) is 0.642. The number of carboxylic acid groups (broad SMARTS) is 1. The normalized spacial score (nSPS) is 21.8. The van der Waals surface area contributed by atoms with Gasteiger partial charge in [0.2, 0.25) is 5.91 Å². The number of carbonyl (C=O) groups is 2. The molecule has 6 N–H and O–H groups in total. The molecule has 0 aromatic carbocycles. The quantitative estimate of drug-likeness (QED) is 0.259. The lowest BCUT2D eigenvalue weighted by Gasteiger charge is -2.15. The van der Waals surface area contributed by atoms with Crippen molar-refractivity contribution in [1.82, 2.24) is 4.90 Å². The predicted molar refractivity (Wildman–Crippen MR) is 68.2 cm³/mol. The summed E-state index contributed by atoms with van der Waals surface area (Å²) in [4.78, 5) is 27.4. The van der Waals surface area contributed by atoms with E-state index in [1.54, 1.807) is 0 Å². The number of aliphatic hydroxyl groups excluding tert-OH is 1. The summed E-state index contributed by atoms with van der Waals surface area (Å²) in [5, 5.41) is 17.6. The molecule has 0 aromatic rings. The van der Waals surface area contributed by atoms with Crippen molar-refractivity contribution in [1.29, 1.82) is 0 Å². The van der Waals surface area contributed by atoms with Gasteiger partial charge in [-0.15, -0.1) is 0 Å². The molecule has 0 aliphatic carbocycles. The second-order valence-electron chi connectivity index (χ2n) is 4.58. The van der Waals surface area contributed by atoms with Crippen molar-refractivity contribution in [3.8, 4) is 0 Å². The minimum absolute atomic E-state index is 0.0526. The number of aliphatic carboxylic acids is 1. The highest BCUT2D eigenvalue weighted by Gasteiger charge is 2.31. The van der Waals surface area contributed by atoms with E-state index < -0.39 is 12.0 Å². The topological polar surface area (TPSA) is 142 Å². The van der Waals surface area contributed by atoms with Crippen molar-refractivity contribution in [3.05, 3.63) is 0 Å². The van der Waals surface area contributed by atoms with Gasteiger partial charge in [0.25, 0.3) is 0 Å². The first kappa shape index (κ1) is 15.4. The molecule has 2 atom stereocenters. The molecule has 1 fully saturated rings. The monoisotopic (exact) mass is 272 g/mol. The number of rotatable bonds is 6. The van der Waals surface area contributed by atoms with Gasteiger partial charge in [0.15, 0.2) is 5.96 Å². The van der Waals surface area contributed by atoms with Crippen molar-refractivity contribution in [2.75, 3.05) is 19.7 Å². The van der Waals surface area contributed by atoms with Gasteiger partial charge >= 0.3 is 5.97 Å². The number of nitrogens with zero attached hydrogens (tertiary/aromatic N) is 2. The van der Waals surface area contributed by atoms with Gasteiger partial charge < -0.3 is 21.7 Å². The Morgan fingerprint density at radius 1 is 1.58 bits per heavy atom. The first-order valence-corrected chi connectivity index (χ1v) is 6.15. The number of amides is 1. The van der Waals surface area contributed by atoms with E-state index in [1.807, 2.05) is 0 Å². The maximum Gasteiger partial charge on any atom is 0.320 e. The summed E-state index contributed by atoms with van der Waals surface area (Å²) in [6, 6.07) is -0.899. The molecule has 1 saturated heterocycles. The van der Waals surface area contributed by atoms with E-state index in [1.165, 1.54) is 4.90 Å². The van der Waals surface area contributed by atoms with Crippen LogP contribution in [0.2, 0.25) is 0 Å². The van der Waals surface area contributed by atoms with Crippen LogP contribution in [-0.4, -0.2) is 58.7 Å². The summed E-state index contributed by atoms with van der Waals surface area (Å²) in [7, 11) is 0. The van der Waals surface area contributed by atoms with Gasteiger partial charge in [0, 0.05) is 32.0 Å². The largest absolute Gasteiger partial charge is 0.480 e. The number of likely N-dealkylation sites (tertiary alicyclic amines) is 1. The molecule has 0 aromatic heterocycles. The maximum absolute atomic E-state index is 11.6. The Morgan fingerprint density at radius 3 is 2.79 bits per heavy atom. The number of nitrogens with two attached hydrogens (primary N) is 2. The molecule has 1 rings (SSSR count). The van der Waals surface area contributed by atoms with Crippen LogP contribution in [0.15, 0.2) is 4.99 Å². The molecule has 19 heavy (non-hydrogen) atoms. The summed E-state index contributed by atoms with van der Waals surface area (Å²) in [5.41, 5.74) is 11.0. The molecule has 1 amide bonds. The number of hydrogen-bond donors (Lipinski definition) is 4. The van der Waals surface area contributed by atoms with Gasteiger partial charge in [0.1, 0.15) is 6.04 Å². The summed E-state index contributed by atoms with van der Waals surface area (Å²) < 4.78 is 0. The molecule has 1 heterocycles. The lowest BCUT2D eigenvalue weighted by Crippen LogP contribution is -2.39.